The fourth-order valence-electron chi connectivity index (χ4n) is 1.21. The minimum Gasteiger partial charge on any atom is -0.479 e. The molecule has 0 saturated carbocycles. The number of carbonyl (C=O) groups is 2. The Bertz CT molecular complexity index is 291. The highest BCUT2D eigenvalue weighted by Gasteiger charge is 2.44. The summed E-state index contributed by atoms with van der Waals surface area (Å²) in [5.41, 5.74) is 8.18. The first-order valence-corrected chi connectivity index (χ1v) is 5.59. The highest BCUT2D eigenvalue weighted by atomic mass is 35.5. The van der Waals surface area contributed by atoms with Gasteiger partial charge in [0.15, 0.2) is 0 Å². The predicted octanol–water partition coefficient (Wildman–Crippen LogP) is 0.661. The van der Waals surface area contributed by atoms with E-state index in [2.05, 4.69) is 0 Å². The van der Waals surface area contributed by atoms with Gasteiger partial charge in [-0.2, -0.15) is 0 Å². The first kappa shape index (κ1) is 19.5. The van der Waals surface area contributed by atoms with E-state index in [1.807, 2.05) is 0 Å². The van der Waals surface area contributed by atoms with Crippen molar-refractivity contribution in [2.75, 3.05) is 6.54 Å². The molecule has 0 aliphatic carbocycles. The maximum Gasteiger partial charge on any atom is 0.338 e. The maximum atomic E-state index is 11.8. The van der Waals surface area contributed by atoms with Crippen LogP contribution in [-0.4, -0.2) is 34.7 Å². The van der Waals surface area contributed by atoms with E-state index in [1.165, 1.54) is 0 Å². The van der Waals surface area contributed by atoms with Crippen LogP contribution in [0.25, 0.3) is 0 Å². The number of carboxylic acid groups (broad SMARTS) is 1. The summed E-state index contributed by atoms with van der Waals surface area (Å²) in [6, 6.07) is 0. The Kier molecular flexibility index (Phi) is 8.18. The van der Waals surface area contributed by atoms with Gasteiger partial charge in [0.2, 0.25) is 5.54 Å². The van der Waals surface area contributed by atoms with Gasteiger partial charge in [-0.15, -0.1) is 12.4 Å². The van der Waals surface area contributed by atoms with Crippen molar-refractivity contribution in [3.05, 3.63) is 0 Å². The topological polar surface area (TPSA) is 116 Å². The molecule has 0 bridgehead atoms. The Balaban J connectivity index is 0. The molecule has 0 fully saturated rings. The van der Waals surface area contributed by atoms with Crippen LogP contribution in [0.2, 0.25) is 0 Å². The van der Waals surface area contributed by atoms with Gasteiger partial charge in [-0.3, -0.25) is 0 Å². The van der Waals surface area contributed by atoms with Crippen molar-refractivity contribution in [3.8, 4) is 0 Å². The number of rotatable bonds is 6. The third-order valence-electron chi connectivity index (χ3n) is 2.17. The van der Waals surface area contributed by atoms with E-state index >= 15 is 0 Å². The van der Waals surface area contributed by atoms with Crippen molar-refractivity contribution >= 4 is 24.3 Å². The molecule has 0 aliphatic rings. The standard InChI is InChI=1S/C11H22N2O4.ClH/c1-10(2,3)17-9(16)11(13,8(14)15)6-4-5-7-12;/h4-7,12-13H2,1-3H3,(H,14,15);1H/t11-;/m0./s1. The normalized spacial score (nSPS) is 14.3. The highest BCUT2D eigenvalue weighted by Crippen LogP contribution is 2.18. The zero-order valence-corrected chi connectivity index (χ0v) is 11.9. The van der Waals surface area contributed by atoms with Crippen LogP contribution in [0.5, 0.6) is 0 Å². The Labute approximate surface area is 113 Å². The monoisotopic (exact) mass is 282 g/mol. The summed E-state index contributed by atoms with van der Waals surface area (Å²) >= 11 is 0. The Morgan fingerprint density at radius 1 is 1.22 bits per heavy atom. The van der Waals surface area contributed by atoms with Gasteiger partial charge in [0.25, 0.3) is 0 Å². The second kappa shape index (κ2) is 7.56. The molecule has 0 aromatic carbocycles. The van der Waals surface area contributed by atoms with E-state index in [4.69, 9.17) is 21.3 Å². The number of carboxylic acids is 1. The smallest absolute Gasteiger partial charge is 0.338 e. The highest BCUT2D eigenvalue weighted by molar-refractivity contribution is 6.03. The quantitative estimate of drug-likeness (QED) is 0.374. The zero-order valence-electron chi connectivity index (χ0n) is 11.1. The Hall–Kier alpha value is -0.850. The van der Waals surface area contributed by atoms with E-state index in [0.29, 0.717) is 19.4 Å². The molecule has 0 radical (unpaired) electrons. The fraction of sp³-hybridized carbons (Fsp3) is 0.818. The van der Waals surface area contributed by atoms with Crippen LogP contribution in [0.1, 0.15) is 40.0 Å². The average molecular weight is 283 g/mol. The molecule has 0 unspecified atom stereocenters. The summed E-state index contributed by atoms with van der Waals surface area (Å²) in [4.78, 5) is 22.8. The van der Waals surface area contributed by atoms with Gasteiger partial charge in [-0.25, -0.2) is 9.59 Å². The van der Waals surface area contributed by atoms with E-state index in [9.17, 15) is 9.59 Å². The summed E-state index contributed by atoms with van der Waals surface area (Å²) in [6.07, 6.45) is 1.11. The Morgan fingerprint density at radius 2 is 1.72 bits per heavy atom. The molecule has 108 valence electrons. The van der Waals surface area contributed by atoms with E-state index in [1.54, 1.807) is 20.8 Å². The van der Waals surface area contributed by atoms with Crippen molar-refractivity contribution in [2.24, 2.45) is 11.5 Å². The predicted molar refractivity (Wildman–Crippen MR) is 70.6 cm³/mol. The van der Waals surface area contributed by atoms with Gasteiger partial charge < -0.3 is 21.3 Å². The lowest BCUT2D eigenvalue weighted by atomic mass is 9.93. The number of aliphatic carboxylic acids is 1. The van der Waals surface area contributed by atoms with Gasteiger partial charge in [-0.05, 0) is 46.6 Å². The van der Waals surface area contributed by atoms with Gasteiger partial charge in [0.05, 0.1) is 0 Å². The lowest BCUT2D eigenvalue weighted by molar-refractivity contribution is -0.169. The lowest BCUT2D eigenvalue weighted by Crippen LogP contribution is -2.57. The van der Waals surface area contributed by atoms with Crippen LogP contribution < -0.4 is 11.5 Å². The molecule has 0 heterocycles. The maximum absolute atomic E-state index is 11.8. The molecule has 0 aromatic rings. The molecular weight excluding hydrogens is 260 g/mol. The molecule has 6 nitrogen and oxygen atoms in total. The number of hydrogen-bond donors (Lipinski definition) is 3. The van der Waals surface area contributed by atoms with Gasteiger partial charge in [-0.1, -0.05) is 0 Å². The van der Waals surface area contributed by atoms with Crippen LogP contribution in [0.15, 0.2) is 0 Å². The summed E-state index contributed by atoms with van der Waals surface area (Å²) < 4.78 is 5.02. The molecule has 0 rings (SSSR count). The molecule has 1 atom stereocenters. The molecule has 0 spiro atoms. The van der Waals surface area contributed by atoms with Gasteiger partial charge in [0, 0.05) is 0 Å². The number of unbranched alkanes of at least 4 members (excludes halogenated alkanes) is 1. The van der Waals surface area contributed by atoms with Crippen molar-refractivity contribution in [1.82, 2.24) is 0 Å². The number of hydrogen-bond acceptors (Lipinski definition) is 5. The van der Waals surface area contributed by atoms with E-state index in [-0.39, 0.29) is 18.8 Å². The second-order valence-electron chi connectivity index (χ2n) is 5.02. The van der Waals surface area contributed by atoms with Crippen LogP contribution in [0.3, 0.4) is 0 Å². The van der Waals surface area contributed by atoms with Crippen molar-refractivity contribution in [2.45, 2.75) is 51.2 Å². The summed E-state index contributed by atoms with van der Waals surface area (Å²) in [7, 11) is 0. The Morgan fingerprint density at radius 3 is 2.06 bits per heavy atom. The number of ether oxygens (including phenoxy) is 1. The molecule has 0 aromatic heterocycles. The van der Waals surface area contributed by atoms with Gasteiger partial charge >= 0.3 is 11.9 Å². The van der Waals surface area contributed by atoms with Crippen LogP contribution >= 0.6 is 12.4 Å². The first-order valence-electron chi connectivity index (χ1n) is 5.59. The van der Waals surface area contributed by atoms with Crippen molar-refractivity contribution in [3.63, 3.8) is 0 Å². The minimum atomic E-state index is -1.98. The number of esters is 1. The second-order valence-corrected chi connectivity index (χ2v) is 5.02. The minimum absolute atomic E-state index is 0. The summed E-state index contributed by atoms with van der Waals surface area (Å²) in [6.45, 7) is 5.41. The van der Waals surface area contributed by atoms with E-state index in [0.717, 1.165) is 0 Å². The van der Waals surface area contributed by atoms with Crippen LogP contribution in [0, 0.1) is 0 Å². The third-order valence-corrected chi connectivity index (χ3v) is 2.17. The molecule has 5 N–H and O–H groups in total. The third kappa shape index (κ3) is 6.18. The molecule has 7 heteroatoms. The van der Waals surface area contributed by atoms with Gasteiger partial charge in [0.1, 0.15) is 5.60 Å². The summed E-state index contributed by atoms with van der Waals surface area (Å²) in [5.74, 6) is -2.28. The molecule has 0 aliphatic heterocycles. The first-order chi connectivity index (χ1) is 7.63. The molecule has 18 heavy (non-hydrogen) atoms. The fourth-order valence-corrected chi connectivity index (χ4v) is 1.21. The zero-order chi connectivity index (χ0) is 13.7. The molecular formula is C11H23ClN2O4. The summed E-state index contributed by atoms with van der Waals surface area (Å²) in [5, 5.41) is 9.04. The van der Waals surface area contributed by atoms with Crippen molar-refractivity contribution < 1.29 is 19.4 Å². The van der Waals surface area contributed by atoms with Crippen molar-refractivity contribution in [1.29, 1.82) is 0 Å². The number of nitrogens with two attached hydrogens (primary N) is 2. The SMILES string of the molecule is CC(C)(C)OC(=O)[C@](N)(CCCCN)C(=O)O.Cl. The van der Waals surface area contributed by atoms with Crippen LogP contribution in [-0.2, 0) is 14.3 Å². The molecule has 0 saturated heterocycles. The number of halogens is 1. The van der Waals surface area contributed by atoms with Crippen LogP contribution in [0.4, 0.5) is 0 Å². The van der Waals surface area contributed by atoms with E-state index < -0.39 is 23.1 Å². The lowest BCUT2D eigenvalue weighted by Gasteiger charge is -2.28. The largest absolute Gasteiger partial charge is 0.479 e. The average Bonchev–Trinajstić information content (AvgIpc) is 2.14. The number of carbonyl (C=O) groups excluding carboxylic acids is 1. The molecule has 0 amide bonds.